The number of carboxylic acids is 2. The molecule has 114 valence electrons. The first-order valence-corrected chi connectivity index (χ1v) is 6.94. The second-order valence-corrected chi connectivity index (χ2v) is 5.31. The van der Waals surface area contributed by atoms with E-state index in [1.54, 1.807) is 12.1 Å². The van der Waals surface area contributed by atoms with Crippen LogP contribution in [-0.4, -0.2) is 34.2 Å². The molecule has 0 aliphatic carbocycles. The van der Waals surface area contributed by atoms with E-state index in [4.69, 9.17) is 21.8 Å². The van der Waals surface area contributed by atoms with Gasteiger partial charge < -0.3 is 20.8 Å². The molecule has 0 aliphatic rings. The summed E-state index contributed by atoms with van der Waals surface area (Å²) in [5.41, 5.74) is 0.378. The lowest BCUT2D eigenvalue weighted by Crippen LogP contribution is -2.43. The van der Waals surface area contributed by atoms with Crippen molar-refractivity contribution in [1.82, 2.24) is 5.32 Å². The number of hydrogen-bond donors (Lipinski definition) is 4. The van der Waals surface area contributed by atoms with Crippen molar-refractivity contribution >= 4 is 51.2 Å². The van der Waals surface area contributed by atoms with E-state index in [1.807, 2.05) is 0 Å². The van der Waals surface area contributed by atoms with E-state index in [0.717, 1.165) is 0 Å². The van der Waals surface area contributed by atoms with E-state index < -0.39 is 24.0 Å². The summed E-state index contributed by atoms with van der Waals surface area (Å²) in [7, 11) is 0. The van der Waals surface area contributed by atoms with Gasteiger partial charge in [-0.15, -0.1) is 0 Å². The number of carbonyl (C=O) groups is 3. The number of nitrogens with one attached hydrogen (secondary N) is 2. The Morgan fingerprint density at radius 1 is 1.29 bits per heavy atom. The molecule has 0 spiro atoms. The molecule has 0 heterocycles. The number of anilines is 1. The number of urea groups is 1. The summed E-state index contributed by atoms with van der Waals surface area (Å²) in [5, 5.41) is 22.4. The van der Waals surface area contributed by atoms with Crippen molar-refractivity contribution in [2.24, 2.45) is 0 Å². The molecule has 0 radical (unpaired) electrons. The third-order valence-electron chi connectivity index (χ3n) is 2.43. The lowest BCUT2D eigenvalue weighted by atomic mass is 10.1. The van der Waals surface area contributed by atoms with Gasteiger partial charge in [0, 0.05) is 16.6 Å². The lowest BCUT2D eigenvalue weighted by Gasteiger charge is -2.14. The molecule has 0 aromatic heterocycles. The van der Waals surface area contributed by atoms with Crippen LogP contribution in [-0.2, 0) is 9.59 Å². The van der Waals surface area contributed by atoms with Crippen molar-refractivity contribution in [3.63, 3.8) is 0 Å². The third-order valence-corrected chi connectivity index (χ3v) is 3.66. The van der Waals surface area contributed by atoms with Gasteiger partial charge >= 0.3 is 18.0 Å². The zero-order valence-electron chi connectivity index (χ0n) is 10.6. The number of carbonyl (C=O) groups excluding carboxylic acids is 1. The van der Waals surface area contributed by atoms with Crippen LogP contribution in [0.2, 0.25) is 5.02 Å². The summed E-state index contributed by atoms with van der Waals surface area (Å²) in [6.45, 7) is 0. The highest BCUT2D eigenvalue weighted by atomic mass is 79.9. The van der Waals surface area contributed by atoms with Gasteiger partial charge in [0.15, 0.2) is 0 Å². The van der Waals surface area contributed by atoms with Gasteiger partial charge in [0.25, 0.3) is 0 Å². The smallest absolute Gasteiger partial charge is 0.326 e. The minimum atomic E-state index is -1.31. The van der Waals surface area contributed by atoms with Crippen LogP contribution < -0.4 is 10.6 Å². The van der Waals surface area contributed by atoms with Crippen molar-refractivity contribution < 1.29 is 24.6 Å². The highest BCUT2D eigenvalue weighted by Gasteiger charge is 2.20. The second kappa shape index (κ2) is 7.84. The standard InChI is InChI=1S/C12H12BrClN2O5/c13-7-2-1-6(5-8(7)14)15-12(21)16-9(11(19)20)3-4-10(17)18/h1-2,5,9H,3-4H2,(H,17,18)(H,19,20)(H2,15,16,21). The van der Waals surface area contributed by atoms with Crippen molar-refractivity contribution in [3.8, 4) is 0 Å². The number of hydrogen-bond acceptors (Lipinski definition) is 3. The number of aliphatic carboxylic acids is 2. The zero-order valence-corrected chi connectivity index (χ0v) is 12.9. The minimum absolute atomic E-state index is 0.209. The van der Waals surface area contributed by atoms with Crippen LogP contribution in [0.3, 0.4) is 0 Å². The lowest BCUT2D eigenvalue weighted by molar-refractivity contribution is -0.140. The molecule has 2 amide bonds. The van der Waals surface area contributed by atoms with E-state index in [1.165, 1.54) is 6.07 Å². The average Bonchev–Trinajstić information content (AvgIpc) is 2.38. The summed E-state index contributed by atoms with van der Waals surface area (Å²) in [6, 6.07) is 2.64. The van der Waals surface area contributed by atoms with Gasteiger partial charge in [-0.3, -0.25) is 4.79 Å². The Bertz CT molecular complexity index is 567. The molecule has 1 rings (SSSR count). The Morgan fingerprint density at radius 2 is 1.95 bits per heavy atom. The van der Waals surface area contributed by atoms with E-state index in [2.05, 4.69) is 26.6 Å². The van der Waals surface area contributed by atoms with Crippen molar-refractivity contribution in [2.75, 3.05) is 5.32 Å². The number of halogens is 2. The first-order chi connectivity index (χ1) is 9.79. The van der Waals surface area contributed by atoms with Crippen LogP contribution in [0.15, 0.2) is 22.7 Å². The van der Waals surface area contributed by atoms with Gasteiger partial charge in [-0.1, -0.05) is 11.6 Å². The van der Waals surface area contributed by atoms with Gasteiger partial charge in [-0.2, -0.15) is 0 Å². The normalized spacial score (nSPS) is 11.5. The van der Waals surface area contributed by atoms with E-state index in [9.17, 15) is 14.4 Å². The zero-order chi connectivity index (χ0) is 16.0. The maximum Gasteiger partial charge on any atom is 0.326 e. The van der Waals surface area contributed by atoms with Crippen LogP contribution in [0, 0.1) is 0 Å². The Morgan fingerprint density at radius 3 is 2.48 bits per heavy atom. The third kappa shape index (κ3) is 6.01. The number of amides is 2. The van der Waals surface area contributed by atoms with Crippen LogP contribution in [0.5, 0.6) is 0 Å². The fraction of sp³-hybridized carbons (Fsp3) is 0.250. The molecule has 4 N–H and O–H groups in total. The SMILES string of the molecule is O=C(O)CCC(NC(=O)Nc1ccc(Br)c(Cl)c1)C(=O)O. The highest BCUT2D eigenvalue weighted by molar-refractivity contribution is 9.10. The number of carboxylic acid groups (broad SMARTS) is 2. The van der Waals surface area contributed by atoms with Gasteiger partial charge in [0.2, 0.25) is 0 Å². The maximum absolute atomic E-state index is 11.7. The summed E-state index contributed by atoms with van der Waals surface area (Å²) >= 11 is 9.06. The average molecular weight is 380 g/mol. The first kappa shape index (κ1) is 17.3. The molecule has 0 saturated heterocycles. The van der Waals surface area contributed by atoms with Crippen molar-refractivity contribution in [2.45, 2.75) is 18.9 Å². The Kier molecular flexibility index (Phi) is 6.44. The fourth-order valence-corrected chi connectivity index (χ4v) is 1.85. The molecule has 1 aromatic carbocycles. The van der Waals surface area contributed by atoms with Gasteiger partial charge in [0.1, 0.15) is 6.04 Å². The van der Waals surface area contributed by atoms with Crippen LogP contribution >= 0.6 is 27.5 Å². The molecule has 0 fully saturated rings. The van der Waals surface area contributed by atoms with Crippen LogP contribution in [0.1, 0.15) is 12.8 Å². The molecule has 1 unspecified atom stereocenters. The van der Waals surface area contributed by atoms with Crippen molar-refractivity contribution in [1.29, 1.82) is 0 Å². The fourth-order valence-electron chi connectivity index (χ4n) is 1.42. The molecule has 9 heteroatoms. The predicted octanol–water partition coefficient (Wildman–Crippen LogP) is 2.54. The topological polar surface area (TPSA) is 116 Å². The van der Waals surface area contributed by atoms with E-state index in [0.29, 0.717) is 15.2 Å². The largest absolute Gasteiger partial charge is 0.481 e. The molecular weight excluding hydrogens is 367 g/mol. The minimum Gasteiger partial charge on any atom is -0.481 e. The molecule has 1 aromatic rings. The Labute approximate surface area is 133 Å². The predicted molar refractivity (Wildman–Crippen MR) is 79.6 cm³/mol. The molecule has 21 heavy (non-hydrogen) atoms. The molecule has 7 nitrogen and oxygen atoms in total. The summed E-state index contributed by atoms with van der Waals surface area (Å²) < 4.78 is 0.653. The maximum atomic E-state index is 11.7. The quantitative estimate of drug-likeness (QED) is 0.606. The molecule has 0 bridgehead atoms. The molecule has 0 aliphatic heterocycles. The van der Waals surface area contributed by atoms with Gasteiger partial charge in [-0.25, -0.2) is 9.59 Å². The van der Waals surface area contributed by atoms with Crippen LogP contribution in [0.4, 0.5) is 10.5 Å². The number of rotatable bonds is 6. The second-order valence-electron chi connectivity index (χ2n) is 4.05. The van der Waals surface area contributed by atoms with E-state index >= 15 is 0 Å². The first-order valence-electron chi connectivity index (χ1n) is 5.76. The Balaban J connectivity index is 2.62. The van der Waals surface area contributed by atoms with Crippen molar-refractivity contribution in [3.05, 3.63) is 27.7 Å². The monoisotopic (exact) mass is 378 g/mol. The van der Waals surface area contributed by atoms with Gasteiger partial charge in [-0.05, 0) is 40.5 Å². The van der Waals surface area contributed by atoms with Crippen LogP contribution in [0.25, 0.3) is 0 Å². The van der Waals surface area contributed by atoms with E-state index in [-0.39, 0.29) is 12.8 Å². The summed E-state index contributed by atoms with van der Waals surface area (Å²) in [4.78, 5) is 33.0. The molecule has 1 atom stereocenters. The van der Waals surface area contributed by atoms with Gasteiger partial charge in [0.05, 0.1) is 5.02 Å². The number of benzene rings is 1. The molecule has 0 saturated carbocycles. The summed E-state index contributed by atoms with van der Waals surface area (Å²) in [6.07, 6.45) is -0.569. The summed E-state index contributed by atoms with van der Waals surface area (Å²) in [5.74, 6) is -2.44. The molecular formula is C12H12BrClN2O5. The highest BCUT2D eigenvalue weighted by Crippen LogP contribution is 2.25. The Hall–Kier alpha value is -1.80.